The number of nitrogens with two attached hydrogens (primary N) is 1. The number of nitrogens with zero attached hydrogens (tertiary/aromatic N) is 3. The zero-order chi connectivity index (χ0) is 24.3. The van der Waals surface area contributed by atoms with E-state index < -0.39 is 35.7 Å². The highest BCUT2D eigenvalue weighted by Gasteiger charge is 2.34. The normalized spacial score (nSPS) is 16.7. The number of rotatable bonds is 4. The summed E-state index contributed by atoms with van der Waals surface area (Å²) in [5.74, 6) is -3.41. The van der Waals surface area contributed by atoms with Crippen molar-refractivity contribution in [2.45, 2.75) is 58.2 Å². The van der Waals surface area contributed by atoms with Gasteiger partial charge in [0.25, 0.3) is 11.5 Å². The van der Waals surface area contributed by atoms with E-state index in [-0.39, 0.29) is 29.7 Å². The van der Waals surface area contributed by atoms with E-state index in [1.165, 1.54) is 0 Å². The Morgan fingerprint density at radius 3 is 2.38 bits per heavy atom. The fourth-order valence-electron chi connectivity index (χ4n) is 3.49. The van der Waals surface area contributed by atoms with Crippen molar-refractivity contribution < 1.29 is 26.7 Å². The lowest BCUT2D eigenvalue weighted by molar-refractivity contribution is -0.137. The Morgan fingerprint density at radius 1 is 1.25 bits per heavy atom. The van der Waals surface area contributed by atoms with E-state index in [1.54, 1.807) is 18.7 Å². The number of halogens is 5. The highest BCUT2D eigenvalue weighted by Crippen LogP contribution is 2.32. The Hall–Kier alpha value is -2.56. The van der Waals surface area contributed by atoms with E-state index in [2.05, 4.69) is 5.10 Å². The number of primary amides is 1. The Balaban J connectivity index is 0.000000303. The standard InChI is InChI=1S/C14H14F3N3O2.C7H13F2N/c1-7(2)12-10-5-8(14(15,16)17)3-4-9(10)13(22)20(19-12)6-11(18)21;1-2-10-5-3-4-7(8,9)6-10/h3-5,7H,6H2,1-2H3,(H2,18,21);2-6H2,1H3. The minimum Gasteiger partial charge on any atom is -0.368 e. The molecule has 32 heavy (non-hydrogen) atoms. The number of aromatic nitrogens is 2. The number of likely N-dealkylation sites (tertiary alicyclic amines) is 1. The van der Waals surface area contributed by atoms with E-state index >= 15 is 0 Å². The van der Waals surface area contributed by atoms with Crippen LogP contribution < -0.4 is 11.3 Å². The molecule has 0 unspecified atom stereocenters. The summed E-state index contributed by atoms with van der Waals surface area (Å²) in [6.45, 7) is 6.52. The van der Waals surface area contributed by atoms with Crippen molar-refractivity contribution in [3.8, 4) is 0 Å². The molecule has 2 aromatic rings. The zero-order valence-electron chi connectivity index (χ0n) is 18.2. The van der Waals surface area contributed by atoms with E-state index in [0.717, 1.165) is 36.0 Å². The highest BCUT2D eigenvalue weighted by atomic mass is 19.4. The van der Waals surface area contributed by atoms with Crippen LogP contribution in [-0.2, 0) is 17.5 Å². The number of fused-ring (bicyclic) bond motifs is 1. The third kappa shape index (κ3) is 6.47. The van der Waals surface area contributed by atoms with Crippen molar-refractivity contribution in [2.75, 3.05) is 19.6 Å². The maximum absolute atomic E-state index is 12.8. The molecule has 6 nitrogen and oxygen atoms in total. The molecule has 0 aliphatic carbocycles. The first kappa shape index (κ1) is 25.7. The maximum atomic E-state index is 12.8. The zero-order valence-corrected chi connectivity index (χ0v) is 18.2. The fourth-order valence-corrected chi connectivity index (χ4v) is 3.49. The summed E-state index contributed by atoms with van der Waals surface area (Å²) in [7, 11) is 0. The molecule has 2 heterocycles. The number of hydrogen-bond acceptors (Lipinski definition) is 4. The van der Waals surface area contributed by atoms with Gasteiger partial charge in [-0.3, -0.25) is 14.5 Å². The fraction of sp³-hybridized carbons (Fsp3) is 0.571. The molecule has 1 aliphatic rings. The molecule has 1 aromatic carbocycles. The van der Waals surface area contributed by atoms with Crippen LogP contribution in [0.1, 0.15) is 50.8 Å². The second-order valence-electron chi connectivity index (χ2n) is 8.06. The highest BCUT2D eigenvalue weighted by molar-refractivity contribution is 5.85. The van der Waals surface area contributed by atoms with Crippen LogP contribution in [0.15, 0.2) is 23.0 Å². The van der Waals surface area contributed by atoms with Gasteiger partial charge in [0.05, 0.1) is 23.2 Å². The number of amides is 1. The smallest absolute Gasteiger partial charge is 0.368 e. The molecule has 0 atom stereocenters. The van der Waals surface area contributed by atoms with E-state index in [1.807, 2.05) is 6.92 Å². The van der Waals surface area contributed by atoms with E-state index in [4.69, 9.17) is 5.73 Å². The molecular weight excluding hydrogens is 435 g/mol. The van der Waals surface area contributed by atoms with Crippen LogP contribution in [0.3, 0.4) is 0 Å². The number of carbonyl (C=O) groups excluding carboxylic acids is 1. The van der Waals surface area contributed by atoms with E-state index in [9.17, 15) is 31.5 Å². The number of hydrogen-bond donors (Lipinski definition) is 1. The summed E-state index contributed by atoms with van der Waals surface area (Å²) >= 11 is 0. The topological polar surface area (TPSA) is 81.2 Å². The molecule has 1 fully saturated rings. The van der Waals surface area contributed by atoms with Gasteiger partial charge in [-0.1, -0.05) is 20.8 Å². The third-order valence-corrected chi connectivity index (χ3v) is 5.09. The molecule has 0 saturated carbocycles. The Morgan fingerprint density at radius 2 is 1.91 bits per heavy atom. The van der Waals surface area contributed by atoms with Gasteiger partial charge in [-0.05, 0) is 43.6 Å². The SMILES string of the molecule is CC(C)c1nn(CC(N)=O)c(=O)c2ccc(C(F)(F)F)cc12.CCN1CCCC(F)(F)C1. The van der Waals surface area contributed by atoms with Gasteiger partial charge in [0.15, 0.2) is 0 Å². The van der Waals surface area contributed by atoms with Crippen molar-refractivity contribution in [1.29, 1.82) is 0 Å². The molecule has 1 saturated heterocycles. The molecule has 1 aliphatic heterocycles. The van der Waals surface area contributed by atoms with Crippen LogP contribution in [0.25, 0.3) is 10.8 Å². The Kier molecular flexibility index (Phi) is 7.97. The quantitative estimate of drug-likeness (QED) is 0.702. The second kappa shape index (κ2) is 9.93. The second-order valence-corrected chi connectivity index (χ2v) is 8.06. The summed E-state index contributed by atoms with van der Waals surface area (Å²) in [5, 5.41) is 4.21. The van der Waals surface area contributed by atoms with Crippen LogP contribution in [0.5, 0.6) is 0 Å². The van der Waals surface area contributed by atoms with Crippen LogP contribution in [0.2, 0.25) is 0 Å². The first-order valence-corrected chi connectivity index (χ1v) is 10.3. The first-order valence-electron chi connectivity index (χ1n) is 10.3. The van der Waals surface area contributed by atoms with Gasteiger partial charge in [-0.2, -0.15) is 18.3 Å². The lowest BCUT2D eigenvalue weighted by Crippen LogP contribution is -2.42. The molecule has 0 radical (unpaired) electrons. The van der Waals surface area contributed by atoms with Crippen LogP contribution in [0.4, 0.5) is 22.0 Å². The monoisotopic (exact) mass is 462 g/mol. The molecule has 178 valence electrons. The average molecular weight is 462 g/mol. The van der Waals surface area contributed by atoms with Crippen molar-refractivity contribution >= 4 is 16.7 Å². The lowest BCUT2D eigenvalue weighted by atomic mass is 10.0. The van der Waals surface area contributed by atoms with Gasteiger partial charge in [0.2, 0.25) is 5.91 Å². The number of piperidine rings is 1. The first-order chi connectivity index (χ1) is 14.7. The molecule has 3 rings (SSSR count). The third-order valence-electron chi connectivity index (χ3n) is 5.09. The molecular formula is C21H27F5N4O2. The van der Waals surface area contributed by atoms with Crippen molar-refractivity contribution in [1.82, 2.24) is 14.7 Å². The molecule has 2 N–H and O–H groups in total. The van der Waals surface area contributed by atoms with Gasteiger partial charge in [-0.25, -0.2) is 13.5 Å². The molecule has 1 amide bonds. The summed E-state index contributed by atoms with van der Waals surface area (Å²) in [5.41, 5.74) is 3.87. The molecule has 1 aromatic heterocycles. The van der Waals surface area contributed by atoms with E-state index in [0.29, 0.717) is 12.1 Å². The summed E-state index contributed by atoms with van der Waals surface area (Å²) in [6, 6.07) is 2.85. The summed E-state index contributed by atoms with van der Waals surface area (Å²) in [6.07, 6.45) is -3.80. The van der Waals surface area contributed by atoms with Crippen LogP contribution >= 0.6 is 0 Å². The van der Waals surface area contributed by atoms with Gasteiger partial charge < -0.3 is 5.73 Å². The summed E-state index contributed by atoms with van der Waals surface area (Å²) < 4.78 is 64.6. The predicted octanol–water partition coefficient (Wildman–Crippen LogP) is 3.76. The van der Waals surface area contributed by atoms with Gasteiger partial charge in [0, 0.05) is 11.8 Å². The number of carbonyl (C=O) groups is 1. The predicted molar refractivity (Wildman–Crippen MR) is 111 cm³/mol. The van der Waals surface area contributed by atoms with Crippen molar-refractivity contribution in [3.05, 3.63) is 39.8 Å². The van der Waals surface area contributed by atoms with Crippen LogP contribution in [-0.4, -0.2) is 46.1 Å². The lowest BCUT2D eigenvalue weighted by Gasteiger charge is -2.31. The Bertz CT molecular complexity index is 1020. The maximum Gasteiger partial charge on any atom is 0.416 e. The van der Waals surface area contributed by atoms with Crippen molar-refractivity contribution in [2.24, 2.45) is 5.73 Å². The minimum absolute atomic E-state index is 0.0382. The number of benzene rings is 1. The molecule has 0 bridgehead atoms. The van der Waals surface area contributed by atoms with Gasteiger partial charge in [0.1, 0.15) is 6.54 Å². The number of alkyl halides is 5. The minimum atomic E-state index is -4.51. The van der Waals surface area contributed by atoms with Gasteiger partial charge in [-0.15, -0.1) is 0 Å². The summed E-state index contributed by atoms with van der Waals surface area (Å²) in [4.78, 5) is 25.0. The largest absolute Gasteiger partial charge is 0.416 e. The Labute approximate surface area is 182 Å². The van der Waals surface area contributed by atoms with Crippen LogP contribution in [0, 0.1) is 0 Å². The molecule has 0 spiro atoms. The van der Waals surface area contributed by atoms with Crippen molar-refractivity contribution in [3.63, 3.8) is 0 Å². The molecule has 11 heteroatoms. The van der Waals surface area contributed by atoms with Gasteiger partial charge >= 0.3 is 6.18 Å². The average Bonchev–Trinajstić information content (AvgIpc) is 2.68.